The standard InChI is InChI=1S/C32H34Cl2N8/c1-32(2,3)17-37-28-19(12-35)13-36-30-23(28)10-21(11-26(30)34)38-29(18-4-6-20(33)7-5-18)27-16-42(40-39-27)31-24-14-41(15-25(24)31)22-8-9-22/h4-7,10-11,13,16,22,24-25,29,31,38H,8-9,14-15,17H2,1-3H3,(H,36,37)/t24-,25+,29?,31?. The number of rotatable bonds is 8. The van der Waals surface area contributed by atoms with Gasteiger partial charge in [-0.1, -0.05) is 61.3 Å². The van der Waals surface area contributed by atoms with Crippen LogP contribution < -0.4 is 10.6 Å². The number of nitrogens with one attached hydrogen (secondary N) is 2. The van der Waals surface area contributed by atoms with Crippen LogP contribution in [0.15, 0.2) is 48.8 Å². The third-order valence-corrected chi connectivity index (χ3v) is 9.26. The van der Waals surface area contributed by atoms with E-state index in [1.165, 1.54) is 25.9 Å². The molecule has 3 heterocycles. The first-order valence-corrected chi connectivity index (χ1v) is 15.4. The van der Waals surface area contributed by atoms with Crippen molar-refractivity contribution in [2.45, 2.75) is 51.7 Å². The van der Waals surface area contributed by atoms with Crippen LogP contribution in [0.5, 0.6) is 0 Å². The quantitative estimate of drug-likeness (QED) is 0.226. The van der Waals surface area contributed by atoms with Crippen molar-refractivity contribution in [3.63, 3.8) is 0 Å². The maximum absolute atomic E-state index is 9.86. The Balaban J connectivity index is 1.21. The van der Waals surface area contributed by atoms with E-state index < -0.39 is 0 Å². The number of likely N-dealkylation sites (tertiary alicyclic amines) is 1. The van der Waals surface area contributed by atoms with Crippen LogP contribution in [0.4, 0.5) is 11.4 Å². The van der Waals surface area contributed by atoms with E-state index in [9.17, 15) is 5.26 Å². The Kier molecular flexibility index (Phi) is 6.80. The molecule has 1 saturated heterocycles. The molecule has 8 nitrogen and oxygen atoms in total. The molecule has 2 unspecified atom stereocenters. The molecule has 1 aliphatic heterocycles. The molecular weight excluding hydrogens is 567 g/mol. The smallest absolute Gasteiger partial charge is 0.109 e. The molecule has 0 bridgehead atoms. The fraction of sp³-hybridized carbons (Fsp3) is 0.438. The predicted molar refractivity (Wildman–Crippen MR) is 167 cm³/mol. The molecular formula is C32H34Cl2N8. The minimum absolute atomic E-state index is 0.0176. The van der Waals surface area contributed by atoms with Crippen LogP contribution in [0.3, 0.4) is 0 Å². The molecule has 42 heavy (non-hydrogen) atoms. The first-order valence-electron chi connectivity index (χ1n) is 14.6. The van der Waals surface area contributed by atoms with Crippen LogP contribution in [0.25, 0.3) is 10.9 Å². The summed E-state index contributed by atoms with van der Waals surface area (Å²) in [6.45, 7) is 9.49. The number of nitrogens with zero attached hydrogens (tertiary/aromatic N) is 6. The van der Waals surface area contributed by atoms with Gasteiger partial charge in [0, 0.05) is 59.8 Å². The maximum atomic E-state index is 9.86. The van der Waals surface area contributed by atoms with Crippen molar-refractivity contribution in [3.8, 4) is 6.07 Å². The zero-order valence-electron chi connectivity index (χ0n) is 24.0. The van der Waals surface area contributed by atoms with Crippen LogP contribution in [0.1, 0.15) is 62.5 Å². The minimum Gasteiger partial charge on any atom is -0.383 e. The molecule has 0 radical (unpaired) electrons. The van der Waals surface area contributed by atoms with Crippen molar-refractivity contribution < 1.29 is 0 Å². The molecule has 7 rings (SSSR count). The van der Waals surface area contributed by atoms with Gasteiger partial charge in [-0.2, -0.15) is 5.26 Å². The molecule has 3 fully saturated rings. The first kappa shape index (κ1) is 27.5. The van der Waals surface area contributed by atoms with Gasteiger partial charge in [0.15, 0.2) is 0 Å². The summed E-state index contributed by atoms with van der Waals surface area (Å²) in [5.41, 5.74) is 4.50. The largest absolute Gasteiger partial charge is 0.383 e. The number of fused-ring (bicyclic) bond motifs is 2. The number of benzene rings is 2. The highest BCUT2D eigenvalue weighted by Gasteiger charge is 2.59. The topological polar surface area (TPSA) is 94.7 Å². The van der Waals surface area contributed by atoms with Gasteiger partial charge in [-0.25, -0.2) is 4.68 Å². The fourth-order valence-corrected chi connectivity index (χ4v) is 6.74. The lowest BCUT2D eigenvalue weighted by atomic mass is 9.96. The molecule has 2 saturated carbocycles. The number of aromatic nitrogens is 4. The lowest BCUT2D eigenvalue weighted by Gasteiger charge is -2.22. The van der Waals surface area contributed by atoms with Crippen LogP contribution in [0, 0.1) is 28.6 Å². The molecule has 4 aromatic rings. The van der Waals surface area contributed by atoms with Crippen LogP contribution in [-0.4, -0.2) is 50.6 Å². The zero-order chi connectivity index (χ0) is 29.2. The van der Waals surface area contributed by atoms with Gasteiger partial charge in [0.25, 0.3) is 0 Å². The van der Waals surface area contributed by atoms with E-state index in [0.29, 0.717) is 45.5 Å². The predicted octanol–water partition coefficient (Wildman–Crippen LogP) is 6.93. The Hall–Kier alpha value is -3.38. The third-order valence-electron chi connectivity index (χ3n) is 8.72. The first-order chi connectivity index (χ1) is 20.2. The van der Waals surface area contributed by atoms with Crippen molar-refractivity contribution in [2.75, 3.05) is 30.3 Å². The van der Waals surface area contributed by atoms with E-state index >= 15 is 0 Å². The van der Waals surface area contributed by atoms with Crippen molar-refractivity contribution in [1.82, 2.24) is 24.9 Å². The Morgan fingerprint density at radius 2 is 1.83 bits per heavy atom. The number of hydrogen-bond acceptors (Lipinski definition) is 7. The van der Waals surface area contributed by atoms with Gasteiger partial charge in [0.2, 0.25) is 0 Å². The third kappa shape index (κ3) is 5.30. The Morgan fingerprint density at radius 1 is 1.10 bits per heavy atom. The van der Waals surface area contributed by atoms with Gasteiger partial charge in [-0.3, -0.25) is 9.88 Å². The normalized spacial score (nSPS) is 22.5. The average molecular weight is 602 g/mol. The van der Waals surface area contributed by atoms with Crippen molar-refractivity contribution >= 4 is 45.5 Å². The van der Waals surface area contributed by atoms with E-state index in [-0.39, 0.29) is 11.5 Å². The number of pyridine rings is 1. The summed E-state index contributed by atoms with van der Waals surface area (Å²) >= 11 is 13.0. The van der Waals surface area contributed by atoms with Gasteiger partial charge >= 0.3 is 0 Å². The highest BCUT2D eigenvalue weighted by molar-refractivity contribution is 6.36. The molecule has 10 heteroatoms. The number of piperidine rings is 1. The molecule has 2 aromatic carbocycles. The van der Waals surface area contributed by atoms with E-state index in [4.69, 9.17) is 23.2 Å². The molecule has 0 spiro atoms. The van der Waals surface area contributed by atoms with Crippen LogP contribution >= 0.6 is 23.2 Å². The van der Waals surface area contributed by atoms with Gasteiger partial charge in [-0.05, 0) is 48.1 Å². The van der Waals surface area contributed by atoms with Crippen molar-refractivity contribution in [1.29, 1.82) is 5.26 Å². The van der Waals surface area contributed by atoms with Gasteiger partial charge in [-0.15, -0.1) is 5.10 Å². The highest BCUT2D eigenvalue weighted by Crippen LogP contribution is 2.56. The highest BCUT2D eigenvalue weighted by atomic mass is 35.5. The summed E-state index contributed by atoms with van der Waals surface area (Å²) in [7, 11) is 0. The lowest BCUT2D eigenvalue weighted by Crippen LogP contribution is -2.27. The van der Waals surface area contributed by atoms with Gasteiger partial charge < -0.3 is 10.6 Å². The molecule has 4 atom stereocenters. The van der Waals surface area contributed by atoms with Crippen molar-refractivity contribution in [2.24, 2.45) is 17.3 Å². The Bertz CT molecular complexity index is 1670. The summed E-state index contributed by atoms with van der Waals surface area (Å²) < 4.78 is 2.07. The Labute approximate surface area is 256 Å². The maximum Gasteiger partial charge on any atom is 0.109 e. The van der Waals surface area contributed by atoms with E-state index in [0.717, 1.165) is 34.1 Å². The zero-order valence-corrected chi connectivity index (χ0v) is 25.5. The lowest BCUT2D eigenvalue weighted by molar-refractivity contribution is 0.270. The average Bonchev–Trinajstić information content (AvgIpc) is 3.82. The summed E-state index contributed by atoms with van der Waals surface area (Å²) in [6.07, 6.45) is 6.38. The van der Waals surface area contributed by atoms with E-state index in [1.54, 1.807) is 6.20 Å². The number of hydrogen-bond donors (Lipinski definition) is 2. The summed E-state index contributed by atoms with van der Waals surface area (Å²) in [6, 6.07) is 14.9. The Morgan fingerprint density at radius 3 is 2.50 bits per heavy atom. The molecule has 216 valence electrons. The number of anilines is 2. The van der Waals surface area contributed by atoms with Crippen LogP contribution in [-0.2, 0) is 0 Å². The summed E-state index contributed by atoms with van der Waals surface area (Å²) in [5, 5.41) is 28.2. The molecule has 2 N–H and O–H groups in total. The number of nitriles is 1. The molecule has 2 aromatic heterocycles. The van der Waals surface area contributed by atoms with Gasteiger partial charge in [0.05, 0.1) is 40.1 Å². The van der Waals surface area contributed by atoms with Crippen molar-refractivity contribution in [3.05, 3.63) is 75.7 Å². The summed E-state index contributed by atoms with van der Waals surface area (Å²) in [5.74, 6) is 1.34. The van der Waals surface area contributed by atoms with Gasteiger partial charge in [0.1, 0.15) is 11.8 Å². The molecule has 0 amide bonds. The molecule has 2 aliphatic carbocycles. The monoisotopic (exact) mass is 600 g/mol. The number of halogens is 2. The minimum atomic E-state index is -0.288. The van der Waals surface area contributed by atoms with E-state index in [2.05, 4.69) is 68.5 Å². The second-order valence-electron chi connectivity index (χ2n) is 13.2. The van der Waals surface area contributed by atoms with Crippen LogP contribution in [0.2, 0.25) is 10.0 Å². The van der Waals surface area contributed by atoms with E-state index in [1.807, 2.05) is 36.4 Å². The summed E-state index contributed by atoms with van der Waals surface area (Å²) in [4.78, 5) is 7.17. The second-order valence-corrected chi connectivity index (χ2v) is 14.0. The fourth-order valence-electron chi connectivity index (χ4n) is 6.35. The SMILES string of the molecule is CC(C)(C)CNc1c(C#N)cnc2c(Cl)cc(NC(c3ccc(Cl)cc3)c3cn(C4[C@H]5CN(C6CC6)C[C@@H]45)nn3)cc12. The molecule has 3 aliphatic rings. The second kappa shape index (κ2) is 10.4.